The van der Waals surface area contributed by atoms with Crippen molar-refractivity contribution in [3.63, 3.8) is 0 Å². The van der Waals surface area contributed by atoms with E-state index in [9.17, 15) is 4.79 Å². The van der Waals surface area contributed by atoms with Gasteiger partial charge in [0.1, 0.15) is 5.75 Å². The predicted octanol–water partition coefficient (Wildman–Crippen LogP) is 2.94. The third-order valence-corrected chi connectivity index (χ3v) is 3.01. The molecule has 1 heterocycles. The van der Waals surface area contributed by atoms with Crippen LogP contribution in [0.3, 0.4) is 0 Å². The Balaban J connectivity index is 2.30. The number of carbonyl (C=O) groups is 1. The fourth-order valence-corrected chi connectivity index (χ4v) is 1.93. The van der Waals surface area contributed by atoms with Crippen molar-refractivity contribution in [2.45, 2.75) is 13.8 Å². The van der Waals surface area contributed by atoms with Crippen LogP contribution in [0.2, 0.25) is 5.02 Å². The zero-order valence-electron chi connectivity index (χ0n) is 10.9. The molecule has 5 nitrogen and oxygen atoms in total. The molecule has 2 rings (SSSR count). The molecule has 1 amide bonds. The van der Waals surface area contributed by atoms with Gasteiger partial charge in [-0.1, -0.05) is 11.6 Å². The van der Waals surface area contributed by atoms with E-state index in [0.717, 1.165) is 11.4 Å². The molecule has 2 aromatic rings. The average molecular weight is 280 g/mol. The van der Waals surface area contributed by atoms with Gasteiger partial charge in [0.25, 0.3) is 5.91 Å². The van der Waals surface area contributed by atoms with E-state index >= 15 is 0 Å². The monoisotopic (exact) mass is 279 g/mol. The third kappa shape index (κ3) is 2.71. The minimum Gasteiger partial charge on any atom is -0.496 e. The van der Waals surface area contributed by atoms with Crippen LogP contribution in [0.15, 0.2) is 18.2 Å². The molecule has 1 aromatic heterocycles. The van der Waals surface area contributed by atoms with Gasteiger partial charge in [-0.3, -0.25) is 9.89 Å². The lowest BCUT2D eigenvalue weighted by molar-refractivity contribution is 0.102. The number of nitrogens with one attached hydrogen (secondary N) is 2. The normalized spacial score (nSPS) is 10.3. The molecule has 0 saturated carbocycles. The lowest BCUT2D eigenvalue weighted by atomic mass is 10.1. The van der Waals surface area contributed by atoms with Crippen molar-refractivity contribution in [2.75, 3.05) is 12.4 Å². The minimum atomic E-state index is -0.263. The number of hydrogen-bond donors (Lipinski definition) is 2. The molecule has 0 radical (unpaired) electrons. The Hall–Kier alpha value is -2.01. The van der Waals surface area contributed by atoms with E-state index in [-0.39, 0.29) is 5.91 Å². The fourth-order valence-electron chi connectivity index (χ4n) is 1.77. The first-order chi connectivity index (χ1) is 9.02. The van der Waals surface area contributed by atoms with E-state index in [1.807, 2.05) is 13.8 Å². The van der Waals surface area contributed by atoms with Crippen LogP contribution in [-0.4, -0.2) is 23.2 Å². The van der Waals surface area contributed by atoms with Crippen LogP contribution in [0.1, 0.15) is 21.7 Å². The smallest absolute Gasteiger partial charge is 0.259 e. The number of nitrogens with zero attached hydrogens (tertiary/aromatic N) is 1. The first-order valence-corrected chi connectivity index (χ1v) is 6.07. The van der Waals surface area contributed by atoms with Crippen molar-refractivity contribution in [3.05, 3.63) is 40.2 Å². The van der Waals surface area contributed by atoms with Gasteiger partial charge in [-0.25, -0.2) is 0 Å². The molecule has 2 N–H and O–H groups in total. The lowest BCUT2D eigenvalue weighted by Crippen LogP contribution is -2.14. The molecule has 0 aliphatic rings. The largest absolute Gasteiger partial charge is 0.496 e. The summed E-state index contributed by atoms with van der Waals surface area (Å²) in [5, 5.41) is 10.2. The SMILES string of the molecule is COc1cc(Cl)ccc1C(=O)Nc1c(C)n[nH]c1C. The van der Waals surface area contributed by atoms with Gasteiger partial charge in [-0.2, -0.15) is 5.10 Å². The number of amides is 1. The van der Waals surface area contributed by atoms with Gasteiger partial charge in [0.2, 0.25) is 0 Å². The van der Waals surface area contributed by atoms with E-state index in [0.29, 0.717) is 22.0 Å². The maximum Gasteiger partial charge on any atom is 0.259 e. The first-order valence-electron chi connectivity index (χ1n) is 5.69. The Morgan fingerprint density at radius 1 is 1.42 bits per heavy atom. The quantitative estimate of drug-likeness (QED) is 0.908. The van der Waals surface area contributed by atoms with E-state index in [2.05, 4.69) is 15.5 Å². The molecule has 6 heteroatoms. The van der Waals surface area contributed by atoms with E-state index < -0.39 is 0 Å². The molecular weight excluding hydrogens is 266 g/mol. The molecule has 19 heavy (non-hydrogen) atoms. The number of halogens is 1. The molecule has 100 valence electrons. The Morgan fingerprint density at radius 2 is 2.16 bits per heavy atom. The molecule has 0 fully saturated rings. The third-order valence-electron chi connectivity index (χ3n) is 2.77. The van der Waals surface area contributed by atoms with Crippen LogP contribution in [0, 0.1) is 13.8 Å². The number of aryl methyl sites for hydroxylation is 2. The lowest BCUT2D eigenvalue weighted by Gasteiger charge is -2.09. The second-order valence-corrected chi connectivity index (χ2v) is 4.54. The second-order valence-electron chi connectivity index (χ2n) is 4.11. The summed E-state index contributed by atoms with van der Waals surface area (Å²) < 4.78 is 5.16. The number of aromatic amines is 1. The van der Waals surface area contributed by atoms with Crippen LogP contribution in [0.4, 0.5) is 5.69 Å². The topological polar surface area (TPSA) is 67.0 Å². The number of methoxy groups -OCH3 is 1. The highest BCUT2D eigenvalue weighted by molar-refractivity contribution is 6.31. The molecule has 0 unspecified atom stereocenters. The Bertz CT molecular complexity index is 603. The molecule has 0 aliphatic carbocycles. The Labute approximate surface area is 115 Å². The highest BCUT2D eigenvalue weighted by Crippen LogP contribution is 2.25. The van der Waals surface area contributed by atoms with Crippen molar-refractivity contribution >= 4 is 23.2 Å². The van der Waals surface area contributed by atoms with Gasteiger partial charge in [0.15, 0.2) is 0 Å². The van der Waals surface area contributed by atoms with Crippen molar-refractivity contribution in [1.29, 1.82) is 0 Å². The summed E-state index contributed by atoms with van der Waals surface area (Å²) >= 11 is 5.87. The van der Waals surface area contributed by atoms with E-state index in [1.165, 1.54) is 7.11 Å². The highest BCUT2D eigenvalue weighted by atomic mass is 35.5. The van der Waals surface area contributed by atoms with Gasteiger partial charge >= 0.3 is 0 Å². The van der Waals surface area contributed by atoms with Crippen molar-refractivity contribution in [1.82, 2.24) is 10.2 Å². The summed E-state index contributed by atoms with van der Waals surface area (Å²) in [6.07, 6.45) is 0. The molecule has 1 aromatic carbocycles. The van der Waals surface area contributed by atoms with Crippen LogP contribution in [-0.2, 0) is 0 Å². The number of anilines is 1. The van der Waals surface area contributed by atoms with Crippen molar-refractivity contribution in [3.8, 4) is 5.75 Å². The molecule has 0 saturated heterocycles. The average Bonchev–Trinajstić information content (AvgIpc) is 2.70. The molecule has 0 aliphatic heterocycles. The standard InChI is InChI=1S/C13H14ClN3O2/c1-7-12(8(2)17-16-7)15-13(18)10-5-4-9(14)6-11(10)19-3/h4-6H,1-3H3,(H,15,18)(H,16,17). The predicted molar refractivity (Wildman–Crippen MR) is 74.0 cm³/mol. The van der Waals surface area contributed by atoms with Crippen LogP contribution in [0.5, 0.6) is 5.75 Å². The number of hydrogen-bond acceptors (Lipinski definition) is 3. The van der Waals surface area contributed by atoms with Gasteiger partial charge in [-0.15, -0.1) is 0 Å². The molecule has 0 atom stereocenters. The van der Waals surface area contributed by atoms with Crippen LogP contribution >= 0.6 is 11.6 Å². The summed E-state index contributed by atoms with van der Waals surface area (Å²) in [6.45, 7) is 3.66. The molecule has 0 spiro atoms. The maximum absolute atomic E-state index is 12.2. The van der Waals surface area contributed by atoms with E-state index in [4.69, 9.17) is 16.3 Å². The summed E-state index contributed by atoms with van der Waals surface area (Å²) in [5.74, 6) is 0.171. The van der Waals surface area contributed by atoms with Crippen LogP contribution < -0.4 is 10.1 Å². The number of benzene rings is 1. The number of carbonyl (C=O) groups excluding carboxylic acids is 1. The molecule has 0 bridgehead atoms. The first kappa shape index (κ1) is 13.4. The zero-order chi connectivity index (χ0) is 14.0. The number of rotatable bonds is 3. The number of aromatic nitrogens is 2. The number of ether oxygens (including phenoxy) is 1. The molecular formula is C13H14ClN3O2. The van der Waals surface area contributed by atoms with E-state index in [1.54, 1.807) is 18.2 Å². The fraction of sp³-hybridized carbons (Fsp3) is 0.231. The second kappa shape index (κ2) is 5.32. The summed E-state index contributed by atoms with van der Waals surface area (Å²) in [4.78, 5) is 12.2. The summed E-state index contributed by atoms with van der Waals surface area (Å²) in [6, 6.07) is 4.88. The van der Waals surface area contributed by atoms with Gasteiger partial charge in [-0.05, 0) is 32.0 Å². The van der Waals surface area contributed by atoms with Gasteiger partial charge in [0.05, 0.1) is 29.7 Å². The Morgan fingerprint density at radius 3 is 2.74 bits per heavy atom. The maximum atomic E-state index is 12.2. The summed E-state index contributed by atoms with van der Waals surface area (Å²) in [5.41, 5.74) is 2.64. The minimum absolute atomic E-state index is 0.263. The van der Waals surface area contributed by atoms with Gasteiger partial charge in [0, 0.05) is 5.02 Å². The van der Waals surface area contributed by atoms with Crippen molar-refractivity contribution in [2.24, 2.45) is 0 Å². The highest BCUT2D eigenvalue weighted by Gasteiger charge is 2.16. The number of H-pyrrole nitrogens is 1. The Kier molecular flexibility index (Phi) is 3.76. The van der Waals surface area contributed by atoms with Crippen LogP contribution in [0.25, 0.3) is 0 Å². The summed E-state index contributed by atoms with van der Waals surface area (Å²) in [7, 11) is 1.50. The van der Waals surface area contributed by atoms with Gasteiger partial charge < -0.3 is 10.1 Å². The zero-order valence-corrected chi connectivity index (χ0v) is 11.6. The van der Waals surface area contributed by atoms with Crippen molar-refractivity contribution < 1.29 is 9.53 Å².